The van der Waals surface area contributed by atoms with Crippen LogP contribution in [0.5, 0.6) is 0 Å². The zero-order chi connectivity index (χ0) is 10.2. The molecule has 1 aromatic rings. The highest BCUT2D eigenvalue weighted by Gasteiger charge is 2.23. The normalized spacial score (nSPS) is 10.3. The van der Waals surface area contributed by atoms with E-state index in [9.17, 15) is 17.6 Å². The topological polar surface area (TPSA) is 0 Å². The summed E-state index contributed by atoms with van der Waals surface area (Å²) in [6.07, 6.45) is 0. The Morgan fingerprint density at radius 3 is 1.92 bits per heavy atom. The number of hydrogen-bond acceptors (Lipinski definition) is 0. The summed E-state index contributed by atoms with van der Waals surface area (Å²) in [4.78, 5) is 0. The second-order valence-corrected chi connectivity index (χ2v) is 5.25. The summed E-state index contributed by atoms with van der Waals surface area (Å²) >= 11 is 5.69. The Hall–Kier alpha value is -0.0351. The van der Waals surface area contributed by atoms with Crippen molar-refractivity contribution in [1.82, 2.24) is 0 Å². The summed E-state index contributed by atoms with van der Waals surface area (Å²) in [5.41, 5.74) is -0.323. The standard InChI is InChI=1S/C6HBBr2F4/c8-7(9)2-1-3(10)5(12)6(13)4(2)11/h1H. The molecule has 0 bridgehead atoms. The lowest BCUT2D eigenvalue weighted by atomic mass is 9.94. The maximum atomic E-state index is 12.9. The fourth-order valence-electron chi connectivity index (χ4n) is 0.750. The van der Waals surface area contributed by atoms with Gasteiger partial charge in [-0.25, -0.2) is 17.6 Å². The van der Waals surface area contributed by atoms with E-state index in [2.05, 4.69) is 31.5 Å². The van der Waals surface area contributed by atoms with Gasteiger partial charge in [0.15, 0.2) is 23.3 Å². The van der Waals surface area contributed by atoms with Gasteiger partial charge in [-0.3, -0.25) is 0 Å². The van der Waals surface area contributed by atoms with Crippen molar-refractivity contribution < 1.29 is 17.6 Å². The molecule has 13 heavy (non-hydrogen) atoms. The SMILES string of the molecule is Fc1cc(B(Br)Br)c(F)c(F)c1F. The molecule has 0 saturated carbocycles. The van der Waals surface area contributed by atoms with Crippen molar-refractivity contribution in [3.63, 3.8) is 0 Å². The smallest absolute Gasteiger partial charge is 0.204 e. The summed E-state index contributed by atoms with van der Waals surface area (Å²) < 4.78 is 49.6. The molecular weight excluding hydrogens is 319 g/mol. The van der Waals surface area contributed by atoms with Gasteiger partial charge >= 0.3 is 4.36 Å². The number of benzene rings is 1. The van der Waals surface area contributed by atoms with E-state index in [4.69, 9.17) is 0 Å². The summed E-state index contributed by atoms with van der Waals surface area (Å²) in [7, 11) is 0. The minimum Gasteiger partial charge on any atom is -0.204 e. The Morgan fingerprint density at radius 1 is 0.923 bits per heavy atom. The van der Waals surface area contributed by atoms with Crippen LogP contribution < -0.4 is 5.46 Å². The molecule has 0 N–H and O–H groups in total. The lowest BCUT2D eigenvalue weighted by Crippen LogP contribution is -2.24. The Bertz CT molecular complexity index is 342. The zero-order valence-corrected chi connectivity index (χ0v) is 9.09. The van der Waals surface area contributed by atoms with Crippen molar-refractivity contribution in [2.24, 2.45) is 0 Å². The van der Waals surface area contributed by atoms with Gasteiger partial charge in [0, 0.05) is 0 Å². The summed E-state index contributed by atoms with van der Waals surface area (Å²) in [5, 5.41) is 0. The molecule has 0 aliphatic rings. The molecule has 0 heterocycles. The van der Waals surface area contributed by atoms with E-state index in [-0.39, 0.29) is 5.46 Å². The van der Waals surface area contributed by atoms with E-state index < -0.39 is 27.6 Å². The lowest BCUT2D eigenvalue weighted by Gasteiger charge is -2.04. The molecule has 0 unspecified atom stereocenters. The Labute approximate surface area is 88.3 Å². The van der Waals surface area contributed by atoms with Crippen LogP contribution in [0.15, 0.2) is 6.07 Å². The molecule has 0 aromatic heterocycles. The van der Waals surface area contributed by atoms with Crippen LogP contribution in [0, 0.1) is 23.3 Å². The average Bonchev–Trinajstić information content (AvgIpc) is 2.07. The molecule has 0 aliphatic heterocycles. The van der Waals surface area contributed by atoms with Gasteiger partial charge in [-0.05, 0) is 11.5 Å². The molecule has 70 valence electrons. The van der Waals surface area contributed by atoms with Crippen LogP contribution in [0.1, 0.15) is 0 Å². The highest BCUT2D eigenvalue weighted by atomic mass is 79.9. The van der Waals surface area contributed by atoms with E-state index in [1.165, 1.54) is 0 Å². The maximum Gasteiger partial charge on any atom is 0.332 e. The minimum atomic E-state index is -1.81. The first kappa shape index (κ1) is 11.0. The summed E-state index contributed by atoms with van der Waals surface area (Å²) in [6.45, 7) is 0. The number of rotatable bonds is 1. The second kappa shape index (κ2) is 4.00. The van der Waals surface area contributed by atoms with Gasteiger partial charge in [0.1, 0.15) is 0 Å². The van der Waals surface area contributed by atoms with Crippen molar-refractivity contribution in [3.8, 4) is 0 Å². The molecule has 0 atom stereocenters. The van der Waals surface area contributed by atoms with E-state index >= 15 is 0 Å². The van der Waals surface area contributed by atoms with E-state index in [0.29, 0.717) is 6.07 Å². The molecule has 0 radical (unpaired) electrons. The number of halogens is 6. The van der Waals surface area contributed by atoms with Gasteiger partial charge in [-0.2, -0.15) is 0 Å². The van der Waals surface area contributed by atoms with Gasteiger partial charge < -0.3 is 0 Å². The van der Waals surface area contributed by atoms with Gasteiger partial charge in [-0.15, -0.1) is 31.5 Å². The third-order valence-electron chi connectivity index (χ3n) is 1.37. The Morgan fingerprint density at radius 2 is 1.46 bits per heavy atom. The molecule has 0 saturated heterocycles. The highest BCUT2D eigenvalue weighted by molar-refractivity contribution is 9.49. The van der Waals surface area contributed by atoms with E-state index in [1.807, 2.05) is 0 Å². The predicted molar refractivity (Wildman–Crippen MR) is 49.5 cm³/mol. The maximum absolute atomic E-state index is 12.9. The Balaban J connectivity index is 3.41. The van der Waals surface area contributed by atoms with Gasteiger partial charge in [0.05, 0.1) is 0 Å². The van der Waals surface area contributed by atoms with Crippen molar-refractivity contribution in [1.29, 1.82) is 0 Å². The van der Waals surface area contributed by atoms with Crippen LogP contribution in [0.4, 0.5) is 17.6 Å². The third-order valence-corrected chi connectivity index (χ3v) is 2.35. The minimum absolute atomic E-state index is 0.323. The van der Waals surface area contributed by atoms with Crippen molar-refractivity contribution in [3.05, 3.63) is 29.3 Å². The molecule has 7 heteroatoms. The van der Waals surface area contributed by atoms with Crippen LogP contribution >= 0.6 is 31.5 Å². The largest absolute Gasteiger partial charge is 0.332 e. The van der Waals surface area contributed by atoms with Crippen LogP contribution in [-0.4, -0.2) is 4.36 Å². The quantitative estimate of drug-likeness (QED) is 0.323. The molecule has 1 rings (SSSR count). The fraction of sp³-hybridized carbons (Fsp3) is 0. The van der Waals surface area contributed by atoms with Crippen LogP contribution in [0.25, 0.3) is 0 Å². The van der Waals surface area contributed by atoms with Crippen LogP contribution in [0.3, 0.4) is 0 Å². The number of hydrogen-bond donors (Lipinski definition) is 0. The third kappa shape index (κ3) is 2.07. The molecule has 1 aromatic carbocycles. The van der Waals surface area contributed by atoms with Gasteiger partial charge in [-0.1, -0.05) is 0 Å². The second-order valence-electron chi connectivity index (χ2n) is 2.19. The lowest BCUT2D eigenvalue weighted by molar-refractivity contribution is 0.412. The fourth-order valence-corrected chi connectivity index (χ4v) is 1.42. The predicted octanol–water partition coefficient (Wildman–Crippen LogP) is 2.73. The first-order valence-electron chi connectivity index (χ1n) is 3.06. The summed E-state index contributed by atoms with van der Waals surface area (Å²) in [6, 6.07) is 0.585. The van der Waals surface area contributed by atoms with E-state index in [0.717, 1.165) is 0 Å². The Kier molecular flexibility index (Phi) is 3.40. The molecule has 0 nitrogen and oxygen atoms in total. The van der Waals surface area contributed by atoms with E-state index in [1.54, 1.807) is 0 Å². The molecule has 0 amide bonds. The first-order valence-corrected chi connectivity index (χ1v) is 4.89. The molecule has 0 spiro atoms. The van der Waals surface area contributed by atoms with Gasteiger partial charge in [0.25, 0.3) is 0 Å². The van der Waals surface area contributed by atoms with Gasteiger partial charge in [0.2, 0.25) is 0 Å². The first-order chi connectivity index (χ1) is 5.95. The highest BCUT2D eigenvalue weighted by Crippen LogP contribution is 2.15. The monoisotopic (exact) mass is 318 g/mol. The molecular formula is C6HBBr2F4. The summed E-state index contributed by atoms with van der Waals surface area (Å²) in [5.74, 6) is -6.43. The average molecular weight is 320 g/mol. The van der Waals surface area contributed by atoms with Crippen LogP contribution in [-0.2, 0) is 0 Å². The van der Waals surface area contributed by atoms with Crippen molar-refractivity contribution >= 4 is 41.3 Å². The van der Waals surface area contributed by atoms with Crippen molar-refractivity contribution in [2.75, 3.05) is 0 Å². The molecule has 0 aliphatic carbocycles. The van der Waals surface area contributed by atoms with Crippen molar-refractivity contribution in [2.45, 2.75) is 0 Å². The zero-order valence-electron chi connectivity index (χ0n) is 5.92. The molecule has 0 fully saturated rings. The van der Waals surface area contributed by atoms with Crippen LogP contribution in [0.2, 0.25) is 0 Å².